The van der Waals surface area contributed by atoms with Crippen molar-refractivity contribution in [3.05, 3.63) is 90.0 Å². The van der Waals surface area contributed by atoms with Gasteiger partial charge in [0.25, 0.3) is 0 Å². The fourth-order valence-electron chi connectivity index (χ4n) is 2.99. The van der Waals surface area contributed by atoms with Gasteiger partial charge in [-0.15, -0.1) is 10.2 Å². The molecule has 0 spiro atoms. The number of aryl methyl sites for hydroxylation is 1. The molecule has 0 radical (unpaired) electrons. The molecule has 8 heteroatoms. The summed E-state index contributed by atoms with van der Waals surface area (Å²) >= 11 is 0. The van der Waals surface area contributed by atoms with Crippen molar-refractivity contribution in [3.8, 4) is 17.4 Å². The molecule has 0 aliphatic heterocycles. The maximum Gasteiger partial charge on any atom is 0.250 e. The number of anilines is 1. The molecule has 1 amide bonds. The molecule has 2 heterocycles. The van der Waals surface area contributed by atoms with Crippen LogP contribution in [-0.2, 0) is 16.1 Å². The number of ether oxygens (including phenoxy) is 2. The van der Waals surface area contributed by atoms with Crippen molar-refractivity contribution in [2.75, 3.05) is 11.9 Å². The average molecular weight is 429 g/mol. The topological polar surface area (TPSA) is 91.2 Å². The van der Waals surface area contributed by atoms with Crippen LogP contribution in [0.3, 0.4) is 0 Å². The van der Waals surface area contributed by atoms with Crippen LogP contribution in [0, 0.1) is 13.8 Å². The smallest absolute Gasteiger partial charge is 0.250 e. The maximum atomic E-state index is 12.1. The molecule has 0 aliphatic carbocycles. The summed E-state index contributed by atoms with van der Waals surface area (Å²) < 4.78 is 13.1. The lowest BCUT2D eigenvalue weighted by molar-refractivity contribution is -0.121. The molecule has 32 heavy (non-hydrogen) atoms. The summed E-state index contributed by atoms with van der Waals surface area (Å²) in [7, 11) is 0. The van der Waals surface area contributed by atoms with Crippen LogP contribution in [0.1, 0.15) is 17.0 Å². The van der Waals surface area contributed by atoms with Gasteiger partial charge in [-0.2, -0.15) is 0 Å². The van der Waals surface area contributed by atoms with E-state index in [9.17, 15) is 4.79 Å². The third-order valence-electron chi connectivity index (χ3n) is 4.83. The molecule has 4 rings (SSSR count). The van der Waals surface area contributed by atoms with Gasteiger partial charge < -0.3 is 14.8 Å². The van der Waals surface area contributed by atoms with Crippen LogP contribution in [-0.4, -0.2) is 32.3 Å². The van der Waals surface area contributed by atoms with E-state index in [2.05, 4.69) is 20.5 Å². The quantitative estimate of drug-likeness (QED) is 0.451. The van der Waals surface area contributed by atoms with E-state index in [0.29, 0.717) is 29.7 Å². The highest BCUT2D eigenvalue weighted by Gasteiger charge is 2.08. The first-order chi connectivity index (χ1) is 15.6. The van der Waals surface area contributed by atoms with Crippen molar-refractivity contribution in [1.29, 1.82) is 0 Å². The Labute approximate surface area is 185 Å². The van der Waals surface area contributed by atoms with Crippen LogP contribution in [0.25, 0.3) is 5.82 Å². The zero-order chi connectivity index (χ0) is 22.3. The molecule has 8 nitrogen and oxygen atoms in total. The van der Waals surface area contributed by atoms with E-state index in [4.69, 9.17) is 9.47 Å². The lowest BCUT2D eigenvalue weighted by Gasteiger charge is -2.09. The second kappa shape index (κ2) is 9.84. The minimum atomic E-state index is -0.221. The Kier molecular flexibility index (Phi) is 6.52. The molecule has 1 N–H and O–H groups in total. The Morgan fingerprint density at radius 1 is 0.969 bits per heavy atom. The van der Waals surface area contributed by atoms with Gasteiger partial charge >= 0.3 is 0 Å². The number of amides is 1. The zero-order valence-electron chi connectivity index (χ0n) is 17.9. The number of nitrogens with zero attached hydrogens (tertiary/aromatic N) is 4. The number of benzene rings is 2. The third kappa shape index (κ3) is 5.35. The summed E-state index contributed by atoms with van der Waals surface area (Å²) in [4.78, 5) is 16.3. The normalized spacial score (nSPS) is 10.7. The molecule has 0 aliphatic rings. The minimum Gasteiger partial charge on any atom is -0.438 e. The van der Waals surface area contributed by atoms with Crippen molar-refractivity contribution in [2.24, 2.45) is 0 Å². The van der Waals surface area contributed by atoms with Gasteiger partial charge in [0.05, 0.1) is 12.3 Å². The molecule has 0 saturated carbocycles. The maximum absolute atomic E-state index is 12.1. The first kappa shape index (κ1) is 21.2. The summed E-state index contributed by atoms with van der Waals surface area (Å²) in [6.45, 7) is 4.29. The van der Waals surface area contributed by atoms with Crippen molar-refractivity contribution in [3.63, 3.8) is 0 Å². The fourth-order valence-corrected chi connectivity index (χ4v) is 2.99. The number of imidazole rings is 1. The Morgan fingerprint density at radius 3 is 2.41 bits per heavy atom. The predicted octanol–water partition coefficient (Wildman–Crippen LogP) is 4.23. The second-order valence-electron chi connectivity index (χ2n) is 7.17. The van der Waals surface area contributed by atoms with Gasteiger partial charge in [-0.1, -0.05) is 30.3 Å². The lowest BCUT2D eigenvalue weighted by Crippen LogP contribution is -2.18. The molecule has 162 valence electrons. The number of nitrogens with one attached hydrogen (secondary N) is 1. The van der Waals surface area contributed by atoms with E-state index in [1.807, 2.05) is 54.8 Å². The summed E-state index contributed by atoms with van der Waals surface area (Å²) in [5.74, 6) is 1.40. The van der Waals surface area contributed by atoms with Gasteiger partial charge in [0.15, 0.2) is 5.82 Å². The average Bonchev–Trinajstić information content (AvgIpc) is 3.15. The number of aromatic nitrogens is 4. The van der Waals surface area contributed by atoms with E-state index in [-0.39, 0.29) is 12.5 Å². The predicted molar refractivity (Wildman–Crippen MR) is 120 cm³/mol. The van der Waals surface area contributed by atoms with Crippen LogP contribution in [0.2, 0.25) is 0 Å². The van der Waals surface area contributed by atoms with E-state index in [1.54, 1.807) is 36.7 Å². The van der Waals surface area contributed by atoms with Gasteiger partial charge in [0.1, 0.15) is 18.7 Å². The number of carbonyl (C=O) groups is 1. The third-order valence-corrected chi connectivity index (χ3v) is 4.83. The van der Waals surface area contributed by atoms with Crippen molar-refractivity contribution < 1.29 is 14.3 Å². The van der Waals surface area contributed by atoms with E-state index < -0.39 is 0 Å². The summed E-state index contributed by atoms with van der Waals surface area (Å²) in [5.41, 5.74) is 3.63. The SMILES string of the molecule is Cc1ncn(-c2ccc(Oc3ccc(NC(=O)COCc4ccccc4)cc3)nn2)c1C. The zero-order valence-corrected chi connectivity index (χ0v) is 17.9. The highest BCUT2D eigenvalue weighted by Crippen LogP contribution is 2.22. The second-order valence-corrected chi connectivity index (χ2v) is 7.17. The molecule has 0 fully saturated rings. The van der Waals surface area contributed by atoms with Gasteiger partial charge in [-0.25, -0.2) is 4.98 Å². The Morgan fingerprint density at radius 2 is 1.75 bits per heavy atom. The molecular formula is C24H23N5O3. The Bertz CT molecular complexity index is 1170. The summed E-state index contributed by atoms with van der Waals surface area (Å²) in [6.07, 6.45) is 1.72. The number of hydrogen-bond donors (Lipinski definition) is 1. The highest BCUT2D eigenvalue weighted by atomic mass is 16.5. The van der Waals surface area contributed by atoms with Crippen LogP contribution >= 0.6 is 0 Å². The van der Waals surface area contributed by atoms with Gasteiger partial charge in [0.2, 0.25) is 11.8 Å². The number of carbonyl (C=O) groups excluding carboxylic acids is 1. The minimum absolute atomic E-state index is 0.0228. The van der Waals surface area contributed by atoms with E-state index in [0.717, 1.165) is 17.0 Å². The van der Waals surface area contributed by atoms with Crippen LogP contribution in [0.4, 0.5) is 5.69 Å². The van der Waals surface area contributed by atoms with Crippen molar-refractivity contribution in [2.45, 2.75) is 20.5 Å². The summed E-state index contributed by atoms with van der Waals surface area (Å²) in [5, 5.41) is 11.1. The van der Waals surface area contributed by atoms with Crippen LogP contribution in [0.5, 0.6) is 11.6 Å². The van der Waals surface area contributed by atoms with E-state index >= 15 is 0 Å². The first-order valence-electron chi connectivity index (χ1n) is 10.1. The van der Waals surface area contributed by atoms with E-state index in [1.165, 1.54) is 0 Å². The largest absolute Gasteiger partial charge is 0.438 e. The van der Waals surface area contributed by atoms with Gasteiger partial charge in [0, 0.05) is 17.4 Å². The first-order valence-corrected chi connectivity index (χ1v) is 10.1. The number of rotatable bonds is 8. The fraction of sp³-hybridized carbons (Fsp3) is 0.167. The van der Waals surface area contributed by atoms with Crippen molar-refractivity contribution in [1.82, 2.24) is 19.7 Å². The van der Waals surface area contributed by atoms with Gasteiger partial charge in [-0.3, -0.25) is 9.36 Å². The van der Waals surface area contributed by atoms with Crippen molar-refractivity contribution >= 4 is 11.6 Å². The molecule has 4 aromatic rings. The highest BCUT2D eigenvalue weighted by molar-refractivity contribution is 5.91. The molecule has 0 bridgehead atoms. The molecule has 0 unspecified atom stereocenters. The number of hydrogen-bond acceptors (Lipinski definition) is 6. The molecule has 2 aromatic heterocycles. The monoisotopic (exact) mass is 429 g/mol. The van der Waals surface area contributed by atoms with Gasteiger partial charge in [-0.05, 0) is 49.7 Å². The van der Waals surface area contributed by atoms with Crippen LogP contribution in [0.15, 0.2) is 73.1 Å². The molecule has 0 saturated heterocycles. The lowest BCUT2D eigenvalue weighted by atomic mass is 10.2. The summed E-state index contributed by atoms with van der Waals surface area (Å²) in [6, 6.07) is 20.3. The van der Waals surface area contributed by atoms with Crippen LogP contribution < -0.4 is 10.1 Å². The standard InChI is InChI=1S/C24H23N5O3/c1-17-18(2)29(16-25-17)22-12-13-24(28-27-22)32-21-10-8-20(9-11-21)26-23(30)15-31-14-19-6-4-3-5-7-19/h3-13,16H,14-15H2,1-2H3,(H,26,30). The molecular weight excluding hydrogens is 406 g/mol. The molecule has 2 aromatic carbocycles. The Balaban J connectivity index is 1.28. The Hall–Kier alpha value is -4.04. The molecule has 0 atom stereocenters.